The molecule has 0 saturated carbocycles. The normalized spacial score (nSPS) is 25.9. The van der Waals surface area contributed by atoms with Gasteiger partial charge in [-0.15, -0.1) is 0 Å². The van der Waals surface area contributed by atoms with Gasteiger partial charge in [-0.25, -0.2) is 0 Å². The van der Waals surface area contributed by atoms with Crippen LogP contribution in [0.4, 0.5) is 0 Å². The third-order valence-electron chi connectivity index (χ3n) is 2.17. The molecule has 0 spiro atoms. The van der Waals surface area contributed by atoms with Gasteiger partial charge in [-0.1, -0.05) is 19.8 Å². The van der Waals surface area contributed by atoms with E-state index >= 15 is 0 Å². The molecule has 11 heavy (non-hydrogen) atoms. The molecule has 1 aliphatic heterocycles. The van der Waals surface area contributed by atoms with Gasteiger partial charge in [-0.2, -0.15) is 0 Å². The molecule has 0 amide bonds. The number of hydrogen-bond donors (Lipinski definition) is 0. The Bertz CT molecular complexity index is 132. The Morgan fingerprint density at radius 3 is 3.18 bits per heavy atom. The fourth-order valence-corrected chi connectivity index (χ4v) is 1.61. The molecule has 0 aliphatic carbocycles. The highest BCUT2D eigenvalue weighted by Crippen LogP contribution is 2.20. The van der Waals surface area contributed by atoms with E-state index in [9.17, 15) is 4.79 Å². The van der Waals surface area contributed by atoms with Crippen LogP contribution in [0.15, 0.2) is 0 Å². The molecule has 64 valence electrons. The van der Waals surface area contributed by atoms with Crippen LogP contribution in [0.5, 0.6) is 0 Å². The molecule has 1 unspecified atom stereocenters. The Kier molecular flexibility index (Phi) is 3.40. The first-order valence-corrected chi connectivity index (χ1v) is 4.48. The zero-order valence-electron chi connectivity index (χ0n) is 7.14. The minimum Gasteiger partial charge on any atom is -0.466 e. The first-order chi connectivity index (χ1) is 5.33. The van der Waals surface area contributed by atoms with E-state index in [1.807, 2.05) is 0 Å². The second kappa shape index (κ2) is 4.37. The molecule has 0 aromatic rings. The summed E-state index contributed by atoms with van der Waals surface area (Å²) in [5.74, 6) is 0.593. The molecular weight excluding hydrogens is 140 g/mol. The molecule has 1 aliphatic rings. The summed E-state index contributed by atoms with van der Waals surface area (Å²) in [6.07, 6.45) is 5.22. The summed E-state index contributed by atoms with van der Waals surface area (Å²) in [4.78, 5) is 10.9. The van der Waals surface area contributed by atoms with Crippen LogP contribution in [-0.2, 0) is 9.53 Å². The van der Waals surface area contributed by atoms with Gasteiger partial charge < -0.3 is 4.74 Å². The molecule has 1 fully saturated rings. The molecule has 0 radical (unpaired) electrons. The maximum absolute atomic E-state index is 10.9. The maximum Gasteiger partial charge on any atom is 0.306 e. The lowest BCUT2D eigenvalue weighted by molar-refractivity contribution is -0.143. The highest BCUT2D eigenvalue weighted by Gasteiger charge is 2.17. The van der Waals surface area contributed by atoms with Crippen molar-refractivity contribution in [3.8, 4) is 0 Å². The summed E-state index contributed by atoms with van der Waals surface area (Å²) in [5, 5.41) is 0. The Morgan fingerprint density at radius 1 is 1.64 bits per heavy atom. The molecule has 0 aromatic carbocycles. The highest BCUT2D eigenvalue weighted by atomic mass is 16.5. The van der Waals surface area contributed by atoms with E-state index in [1.165, 1.54) is 19.3 Å². The second-order valence-electron chi connectivity index (χ2n) is 3.22. The number of carbonyl (C=O) groups is 1. The number of hydrogen-bond acceptors (Lipinski definition) is 2. The lowest BCUT2D eigenvalue weighted by atomic mass is 9.96. The van der Waals surface area contributed by atoms with Crippen LogP contribution in [0, 0.1) is 5.92 Å². The minimum atomic E-state index is 0.000880. The van der Waals surface area contributed by atoms with Crippen molar-refractivity contribution >= 4 is 5.97 Å². The van der Waals surface area contributed by atoms with Crippen molar-refractivity contribution < 1.29 is 9.53 Å². The fraction of sp³-hybridized carbons (Fsp3) is 0.889. The Balaban J connectivity index is 2.33. The van der Waals surface area contributed by atoms with Gasteiger partial charge in [0.2, 0.25) is 0 Å². The number of esters is 1. The van der Waals surface area contributed by atoms with Gasteiger partial charge in [0.15, 0.2) is 0 Å². The quantitative estimate of drug-likeness (QED) is 0.572. The van der Waals surface area contributed by atoms with Crippen LogP contribution in [-0.4, -0.2) is 12.6 Å². The number of cyclic esters (lactones) is 1. The highest BCUT2D eigenvalue weighted by molar-refractivity contribution is 5.69. The van der Waals surface area contributed by atoms with Gasteiger partial charge in [-0.3, -0.25) is 4.79 Å². The molecular formula is C9H16O2. The lowest BCUT2D eigenvalue weighted by Crippen LogP contribution is -2.06. The van der Waals surface area contributed by atoms with E-state index in [-0.39, 0.29) is 5.97 Å². The van der Waals surface area contributed by atoms with Crippen molar-refractivity contribution in [1.82, 2.24) is 0 Å². The number of carbonyl (C=O) groups excluding carboxylic acids is 1. The minimum absolute atomic E-state index is 0.000880. The van der Waals surface area contributed by atoms with E-state index in [2.05, 4.69) is 6.92 Å². The third kappa shape index (κ3) is 2.91. The molecule has 2 heteroatoms. The lowest BCUT2D eigenvalue weighted by Gasteiger charge is -2.08. The van der Waals surface area contributed by atoms with Crippen molar-refractivity contribution in [2.24, 2.45) is 5.92 Å². The Hall–Kier alpha value is -0.530. The smallest absolute Gasteiger partial charge is 0.306 e. The summed E-state index contributed by atoms with van der Waals surface area (Å²) in [6.45, 7) is 2.80. The molecule has 1 heterocycles. The van der Waals surface area contributed by atoms with Crippen LogP contribution in [0.1, 0.15) is 39.0 Å². The van der Waals surface area contributed by atoms with Crippen molar-refractivity contribution in [3.05, 3.63) is 0 Å². The molecule has 2 nitrogen and oxygen atoms in total. The van der Waals surface area contributed by atoms with Gasteiger partial charge in [-0.05, 0) is 18.8 Å². The summed E-state index contributed by atoms with van der Waals surface area (Å²) >= 11 is 0. The van der Waals surface area contributed by atoms with E-state index in [4.69, 9.17) is 4.74 Å². The second-order valence-corrected chi connectivity index (χ2v) is 3.22. The van der Waals surface area contributed by atoms with Crippen molar-refractivity contribution in [2.45, 2.75) is 39.0 Å². The number of rotatable bonds is 2. The van der Waals surface area contributed by atoms with Crippen molar-refractivity contribution in [3.63, 3.8) is 0 Å². The number of ether oxygens (including phenoxy) is 1. The first kappa shape index (κ1) is 8.57. The average Bonchev–Trinajstić information content (AvgIpc) is 2.15. The predicted molar refractivity (Wildman–Crippen MR) is 43.2 cm³/mol. The van der Waals surface area contributed by atoms with Crippen LogP contribution < -0.4 is 0 Å². The standard InChI is InChI=1S/C9H16O2/c1-2-4-8-5-3-6-11-9(10)7-8/h8H,2-7H2,1H3. The van der Waals surface area contributed by atoms with Crippen LogP contribution in [0.2, 0.25) is 0 Å². The van der Waals surface area contributed by atoms with Gasteiger partial charge >= 0.3 is 5.97 Å². The summed E-state index contributed by atoms with van der Waals surface area (Å²) in [7, 11) is 0. The van der Waals surface area contributed by atoms with Crippen LogP contribution >= 0.6 is 0 Å². The zero-order chi connectivity index (χ0) is 8.10. The molecule has 1 atom stereocenters. The van der Waals surface area contributed by atoms with Crippen LogP contribution in [0.3, 0.4) is 0 Å². The van der Waals surface area contributed by atoms with Gasteiger partial charge in [0.1, 0.15) is 0 Å². The van der Waals surface area contributed by atoms with E-state index < -0.39 is 0 Å². The van der Waals surface area contributed by atoms with Gasteiger partial charge in [0, 0.05) is 6.42 Å². The zero-order valence-corrected chi connectivity index (χ0v) is 7.14. The average molecular weight is 156 g/mol. The summed E-state index contributed by atoms with van der Waals surface area (Å²) in [6, 6.07) is 0. The van der Waals surface area contributed by atoms with Gasteiger partial charge in [0.05, 0.1) is 6.61 Å². The summed E-state index contributed by atoms with van der Waals surface area (Å²) < 4.78 is 4.94. The van der Waals surface area contributed by atoms with Crippen LogP contribution in [0.25, 0.3) is 0 Å². The van der Waals surface area contributed by atoms with E-state index in [1.54, 1.807) is 0 Å². The van der Waals surface area contributed by atoms with Gasteiger partial charge in [0.25, 0.3) is 0 Å². The first-order valence-electron chi connectivity index (χ1n) is 4.48. The topological polar surface area (TPSA) is 26.3 Å². The maximum atomic E-state index is 10.9. The van der Waals surface area contributed by atoms with E-state index in [0.29, 0.717) is 18.9 Å². The Labute approximate surface area is 67.9 Å². The molecule has 1 saturated heterocycles. The Morgan fingerprint density at radius 2 is 2.45 bits per heavy atom. The molecule has 0 bridgehead atoms. The molecule has 0 aromatic heterocycles. The SMILES string of the molecule is CCCC1CCCOC(=O)C1. The van der Waals surface area contributed by atoms with Crippen molar-refractivity contribution in [2.75, 3.05) is 6.61 Å². The van der Waals surface area contributed by atoms with Crippen molar-refractivity contribution in [1.29, 1.82) is 0 Å². The largest absolute Gasteiger partial charge is 0.466 e. The monoisotopic (exact) mass is 156 g/mol. The molecule has 1 rings (SSSR count). The van der Waals surface area contributed by atoms with E-state index in [0.717, 1.165) is 6.42 Å². The third-order valence-corrected chi connectivity index (χ3v) is 2.17. The molecule has 0 N–H and O–H groups in total. The summed E-state index contributed by atoms with van der Waals surface area (Å²) in [5.41, 5.74) is 0. The fourth-order valence-electron chi connectivity index (χ4n) is 1.61. The predicted octanol–water partition coefficient (Wildman–Crippen LogP) is 2.13.